The third-order valence-corrected chi connectivity index (χ3v) is 4.84. The molecule has 0 atom stereocenters. The van der Waals surface area contributed by atoms with Crippen LogP contribution in [0.25, 0.3) is 10.8 Å². The summed E-state index contributed by atoms with van der Waals surface area (Å²) in [4.78, 5) is 8.49. The van der Waals surface area contributed by atoms with E-state index in [2.05, 4.69) is 40.3 Å². The zero-order valence-corrected chi connectivity index (χ0v) is 13.6. The fraction of sp³-hybridized carbons (Fsp3) is 0.125. The van der Waals surface area contributed by atoms with Crippen LogP contribution in [0.5, 0.6) is 0 Å². The van der Waals surface area contributed by atoms with Gasteiger partial charge in [0.05, 0.1) is 0 Å². The van der Waals surface area contributed by atoms with Gasteiger partial charge in [-0.2, -0.15) is 0 Å². The van der Waals surface area contributed by atoms with Crippen LogP contribution in [0.2, 0.25) is 10.3 Å². The Morgan fingerprint density at radius 1 is 0.952 bits per heavy atom. The topological polar surface area (TPSA) is 25.8 Å². The van der Waals surface area contributed by atoms with Gasteiger partial charge in [0.25, 0.3) is 0 Å². The summed E-state index contributed by atoms with van der Waals surface area (Å²) in [5.74, 6) is 0.778. The molecule has 0 bridgehead atoms. The van der Waals surface area contributed by atoms with Gasteiger partial charge in [-0.1, -0.05) is 77.4 Å². The first-order chi connectivity index (χ1) is 10.1. The van der Waals surface area contributed by atoms with Gasteiger partial charge < -0.3 is 0 Å². The van der Waals surface area contributed by atoms with Gasteiger partial charge in [0.15, 0.2) is 5.16 Å². The number of hydrogen-bond donors (Lipinski definition) is 0. The van der Waals surface area contributed by atoms with Crippen molar-refractivity contribution in [3.63, 3.8) is 0 Å². The average Bonchev–Trinajstić information content (AvgIpc) is 2.50. The van der Waals surface area contributed by atoms with Gasteiger partial charge in [-0.3, -0.25) is 0 Å². The highest BCUT2D eigenvalue weighted by atomic mass is 35.5. The summed E-state index contributed by atoms with van der Waals surface area (Å²) in [5, 5.41) is 3.90. The molecule has 0 aliphatic rings. The van der Waals surface area contributed by atoms with E-state index in [-0.39, 0.29) is 0 Å². The van der Waals surface area contributed by atoms with Crippen LogP contribution in [-0.2, 0) is 5.75 Å². The Bertz CT molecular complexity index is 782. The predicted octanol–water partition coefficient (Wildman–Crippen LogP) is 5.54. The Labute approximate surface area is 137 Å². The van der Waals surface area contributed by atoms with Crippen molar-refractivity contribution in [2.24, 2.45) is 0 Å². The van der Waals surface area contributed by atoms with Crippen molar-refractivity contribution in [2.75, 3.05) is 0 Å². The Morgan fingerprint density at radius 3 is 2.33 bits per heavy atom. The predicted molar refractivity (Wildman–Crippen MR) is 90.3 cm³/mol. The summed E-state index contributed by atoms with van der Waals surface area (Å²) < 4.78 is 0. The van der Waals surface area contributed by atoms with E-state index in [9.17, 15) is 0 Å². The smallest absolute Gasteiger partial charge is 0.190 e. The molecule has 0 saturated heterocycles. The Hall–Kier alpha value is -1.29. The molecule has 21 heavy (non-hydrogen) atoms. The Kier molecular flexibility index (Phi) is 4.34. The van der Waals surface area contributed by atoms with Gasteiger partial charge in [-0.05, 0) is 23.3 Å². The number of aromatic nitrogens is 2. The van der Waals surface area contributed by atoms with Gasteiger partial charge in [-0.25, -0.2) is 9.97 Å². The van der Waals surface area contributed by atoms with Crippen LogP contribution < -0.4 is 0 Å². The maximum Gasteiger partial charge on any atom is 0.190 e. The molecule has 106 valence electrons. The fourth-order valence-corrected chi connectivity index (χ4v) is 3.26. The zero-order chi connectivity index (χ0) is 14.8. The van der Waals surface area contributed by atoms with E-state index in [1.165, 1.54) is 28.1 Å². The van der Waals surface area contributed by atoms with Crippen LogP contribution in [0.1, 0.15) is 11.1 Å². The van der Waals surface area contributed by atoms with Crippen molar-refractivity contribution in [1.29, 1.82) is 0 Å². The molecule has 0 aliphatic heterocycles. The first kappa shape index (κ1) is 14.6. The summed E-state index contributed by atoms with van der Waals surface area (Å²) in [5.41, 5.74) is 1.93. The van der Waals surface area contributed by atoms with E-state index in [0.29, 0.717) is 21.0 Å². The van der Waals surface area contributed by atoms with Crippen LogP contribution in [0.15, 0.2) is 47.6 Å². The van der Waals surface area contributed by atoms with Gasteiger partial charge in [0.1, 0.15) is 10.3 Å². The van der Waals surface area contributed by atoms with Crippen molar-refractivity contribution in [1.82, 2.24) is 9.97 Å². The van der Waals surface area contributed by atoms with Gasteiger partial charge >= 0.3 is 0 Å². The van der Waals surface area contributed by atoms with Crippen LogP contribution in [0, 0.1) is 6.92 Å². The Morgan fingerprint density at radius 2 is 1.62 bits per heavy atom. The molecule has 0 saturated carbocycles. The second kappa shape index (κ2) is 6.22. The average molecular weight is 335 g/mol. The van der Waals surface area contributed by atoms with Crippen molar-refractivity contribution in [3.05, 3.63) is 63.9 Å². The van der Waals surface area contributed by atoms with Gasteiger partial charge in [-0.15, -0.1) is 0 Å². The summed E-state index contributed by atoms with van der Waals surface area (Å²) in [6.07, 6.45) is 0. The highest BCUT2D eigenvalue weighted by molar-refractivity contribution is 7.98. The number of nitrogens with zero attached hydrogens (tertiary/aromatic N) is 2. The van der Waals surface area contributed by atoms with E-state index >= 15 is 0 Å². The van der Waals surface area contributed by atoms with Crippen molar-refractivity contribution >= 4 is 45.7 Å². The molecule has 2 nitrogen and oxygen atoms in total. The molecule has 0 unspecified atom stereocenters. The minimum atomic E-state index is 0.413. The highest BCUT2D eigenvalue weighted by Gasteiger charge is 2.08. The third kappa shape index (κ3) is 3.31. The second-order valence-corrected chi connectivity index (χ2v) is 6.34. The van der Waals surface area contributed by atoms with Crippen molar-refractivity contribution in [3.8, 4) is 0 Å². The summed E-state index contributed by atoms with van der Waals surface area (Å²) in [6, 6.07) is 14.7. The molecule has 5 heteroatoms. The number of thioether (sulfide) groups is 1. The van der Waals surface area contributed by atoms with Crippen molar-refractivity contribution in [2.45, 2.75) is 17.8 Å². The summed E-state index contributed by atoms with van der Waals surface area (Å²) >= 11 is 13.6. The molecule has 1 heterocycles. The SMILES string of the molecule is Cc1c(Cl)nc(SCc2ccc3ccccc3c2)nc1Cl. The van der Waals surface area contributed by atoms with E-state index in [1.54, 1.807) is 0 Å². The molecule has 0 amide bonds. The summed E-state index contributed by atoms with van der Waals surface area (Å²) in [7, 11) is 0. The lowest BCUT2D eigenvalue weighted by atomic mass is 10.1. The minimum absolute atomic E-state index is 0.413. The molecule has 3 rings (SSSR count). The minimum Gasteiger partial charge on any atom is -0.210 e. The standard InChI is InChI=1S/C16H12Cl2N2S/c1-10-14(17)19-16(20-15(10)18)21-9-11-6-7-12-4-2-3-5-13(12)8-11/h2-8H,9H2,1H3. The molecular weight excluding hydrogens is 323 g/mol. The van der Waals surface area contributed by atoms with Crippen LogP contribution >= 0.6 is 35.0 Å². The molecule has 1 aromatic heterocycles. The van der Waals surface area contributed by atoms with E-state index in [0.717, 1.165) is 5.75 Å². The number of rotatable bonds is 3. The van der Waals surface area contributed by atoms with E-state index in [1.807, 2.05) is 19.1 Å². The zero-order valence-electron chi connectivity index (χ0n) is 11.3. The lowest BCUT2D eigenvalue weighted by Crippen LogP contribution is -1.93. The van der Waals surface area contributed by atoms with E-state index < -0.39 is 0 Å². The molecule has 0 spiro atoms. The maximum absolute atomic E-state index is 6.03. The van der Waals surface area contributed by atoms with Gasteiger partial charge in [0, 0.05) is 11.3 Å². The Balaban J connectivity index is 1.80. The van der Waals surface area contributed by atoms with Crippen molar-refractivity contribution < 1.29 is 0 Å². The number of hydrogen-bond acceptors (Lipinski definition) is 3. The monoisotopic (exact) mass is 334 g/mol. The van der Waals surface area contributed by atoms with Gasteiger partial charge in [0.2, 0.25) is 0 Å². The second-order valence-electron chi connectivity index (χ2n) is 4.68. The lowest BCUT2D eigenvalue weighted by Gasteiger charge is -2.05. The summed E-state index contributed by atoms with van der Waals surface area (Å²) in [6.45, 7) is 1.81. The largest absolute Gasteiger partial charge is 0.210 e. The highest BCUT2D eigenvalue weighted by Crippen LogP contribution is 2.27. The maximum atomic E-state index is 6.03. The molecular formula is C16H12Cl2N2S. The van der Waals surface area contributed by atoms with Crippen LogP contribution in [0.3, 0.4) is 0 Å². The molecule has 3 aromatic rings. The van der Waals surface area contributed by atoms with Crippen LogP contribution in [-0.4, -0.2) is 9.97 Å². The number of halogens is 2. The van der Waals surface area contributed by atoms with Crippen LogP contribution in [0.4, 0.5) is 0 Å². The first-order valence-corrected chi connectivity index (χ1v) is 8.18. The molecule has 0 N–H and O–H groups in total. The van der Waals surface area contributed by atoms with E-state index in [4.69, 9.17) is 23.2 Å². The normalized spacial score (nSPS) is 11.0. The molecule has 0 fully saturated rings. The quantitative estimate of drug-likeness (QED) is 0.357. The first-order valence-electron chi connectivity index (χ1n) is 6.43. The fourth-order valence-electron chi connectivity index (χ4n) is 1.99. The molecule has 2 aromatic carbocycles. The third-order valence-electron chi connectivity index (χ3n) is 3.19. The number of benzene rings is 2. The lowest BCUT2D eigenvalue weighted by molar-refractivity contribution is 0.951. The number of fused-ring (bicyclic) bond motifs is 1. The molecule has 0 radical (unpaired) electrons. The molecule has 0 aliphatic carbocycles.